The minimum atomic E-state index is -0.295. The van der Waals surface area contributed by atoms with Crippen molar-refractivity contribution in [2.24, 2.45) is 5.92 Å². The van der Waals surface area contributed by atoms with Crippen molar-refractivity contribution >= 4 is 10.8 Å². The molecule has 3 aromatic rings. The van der Waals surface area contributed by atoms with Crippen LogP contribution in [-0.2, 0) is 12.8 Å². The van der Waals surface area contributed by atoms with Gasteiger partial charge in [-0.3, -0.25) is 0 Å². The van der Waals surface area contributed by atoms with Crippen molar-refractivity contribution in [3.63, 3.8) is 0 Å². The molecule has 4 rings (SSSR count). The van der Waals surface area contributed by atoms with E-state index >= 15 is 0 Å². The lowest BCUT2D eigenvalue weighted by Crippen LogP contribution is -2.13. The van der Waals surface area contributed by atoms with E-state index in [1.54, 1.807) is 12.1 Å². The quantitative estimate of drug-likeness (QED) is 0.205. The highest BCUT2D eigenvalue weighted by Gasteiger charge is 2.22. The van der Waals surface area contributed by atoms with Gasteiger partial charge in [0.1, 0.15) is 6.61 Å². The third-order valence-corrected chi connectivity index (χ3v) is 7.56. The van der Waals surface area contributed by atoms with Gasteiger partial charge in [-0.2, -0.15) is 0 Å². The molecule has 3 aromatic carbocycles. The molecule has 0 amide bonds. The molecule has 1 nitrogen and oxygen atoms in total. The van der Waals surface area contributed by atoms with Crippen molar-refractivity contribution < 1.29 is 9.13 Å². The first-order chi connectivity index (χ1) is 16.7. The van der Waals surface area contributed by atoms with Crippen LogP contribution in [0.4, 0.5) is 4.39 Å². The maximum Gasteiger partial charge on any atom is 0.172 e. The van der Waals surface area contributed by atoms with Crippen LogP contribution in [0.15, 0.2) is 67.3 Å². The number of hydrogen-bond donors (Lipinski definition) is 0. The summed E-state index contributed by atoms with van der Waals surface area (Å²) in [7, 11) is 0. The van der Waals surface area contributed by atoms with Gasteiger partial charge in [-0.05, 0) is 78.5 Å². The van der Waals surface area contributed by atoms with E-state index in [9.17, 15) is 4.39 Å². The number of ether oxygens (including phenoxy) is 1. The van der Waals surface area contributed by atoms with Gasteiger partial charge in [0.15, 0.2) is 11.6 Å². The summed E-state index contributed by atoms with van der Waals surface area (Å²) < 4.78 is 20.1. The zero-order valence-electron chi connectivity index (χ0n) is 20.7. The lowest BCUT2D eigenvalue weighted by molar-refractivity contribution is 0.303. The average Bonchev–Trinajstić information content (AvgIpc) is 2.88. The second-order valence-electron chi connectivity index (χ2n) is 9.99. The molecule has 0 spiro atoms. The molecule has 1 aliphatic carbocycles. The molecule has 1 saturated carbocycles. The topological polar surface area (TPSA) is 9.23 Å². The Balaban J connectivity index is 1.30. The second-order valence-corrected chi connectivity index (χ2v) is 9.99. The summed E-state index contributed by atoms with van der Waals surface area (Å²) in [5.41, 5.74) is 4.12. The number of hydrogen-bond acceptors (Lipinski definition) is 1. The van der Waals surface area contributed by atoms with Crippen molar-refractivity contribution in [2.75, 3.05) is 6.61 Å². The Morgan fingerprint density at radius 2 is 1.65 bits per heavy atom. The first-order valence-corrected chi connectivity index (χ1v) is 13.2. The highest BCUT2D eigenvalue weighted by Crippen LogP contribution is 2.38. The number of halogens is 1. The van der Waals surface area contributed by atoms with Crippen LogP contribution < -0.4 is 4.74 Å². The first kappa shape index (κ1) is 24.5. The van der Waals surface area contributed by atoms with E-state index in [2.05, 4.69) is 43.8 Å². The number of benzene rings is 3. The molecule has 180 valence electrons. The summed E-state index contributed by atoms with van der Waals surface area (Å²) in [6, 6.07) is 19.0. The van der Waals surface area contributed by atoms with Crippen LogP contribution in [0.3, 0.4) is 0 Å². The van der Waals surface area contributed by atoms with E-state index in [1.807, 2.05) is 18.2 Å². The fourth-order valence-corrected chi connectivity index (χ4v) is 5.45. The Labute approximate surface area is 205 Å². The summed E-state index contributed by atoms with van der Waals surface area (Å²) >= 11 is 0. The van der Waals surface area contributed by atoms with E-state index in [0.29, 0.717) is 12.0 Å². The van der Waals surface area contributed by atoms with Gasteiger partial charge in [-0.1, -0.05) is 93.8 Å². The summed E-state index contributed by atoms with van der Waals surface area (Å²) in [4.78, 5) is 0. The molecule has 0 N–H and O–H groups in total. The van der Waals surface area contributed by atoms with Crippen molar-refractivity contribution in [2.45, 2.75) is 77.0 Å². The van der Waals surface area contributed by atoms with Crippen LogP contribution in [0.25, 0.3) is 10.8 Å². The van der Waals surface area contributed by atoms with Crippen LogP contribution in [0.5, 0.6) is 5.75 Å². The van der Waals surface area contributed by atoms with Gasteiger partial charge in [0.2, 0.25) is 0 Å². The minimum Gasteiger partial charge on any atom is -0.486 e. The maximum absolute atomic E-state index is 14.7. The molecule has 0 aliphatic heterocycles. The predicted octanol–water partition coefficient (Wildman–Crippen LogP) is 9.18. The normalized spacial score (nSPS) is 18.2. The van der Waals surface area contributed by atoms with E-state index in [1.165, 1.54) is 68.1 Å². The molecule has 1 aliphatic rings. The van der Waals surface area contributed by atoms with Crippen LogP contribution in [0.2, 0.25) is 0 Å². The van der Waals surface area contributed by atoms with Gasteiger partial charge in [0, 0.05) is 5.39 Å². The average molecular weight is 459 g/mol. The fourth-order valence-electron chi connectivity index (χ4n) is 5.45. The second kappa shape index (κ2) is 12.2. The summed E-state index contributed by atoms with van der Waals surface area (Å²) in [5, 5.41) is 1.52. The molecule has 34 heavy (non-hydrogen) atoms. The third kappa shape index (κ3) is 6.29. The molecule has 0 saturated heterocycles. The lowest BCUT2D eigenvalue weighted by atomic mass is 9.77. The monoisotopic (exact) mass is 458 g/mol. The Morgan fingerprint density at radius 3 is 2.38 bits per heavy atom. The van der Waals surface area contributed by atoms with Crippen LogP contribution in [0.1, 0.15) is 80.9 Å². The Kier molecular flexibility index (Phi) is 8.79. The van der Waals surface area contributed by atoms with E-state index < -0.39 is 0 Å². The van der Waals surface area contributed by atoms with Gasteiger partial charge in [0.25, 0.3) is 0 Å². The number of unbranched alkanes of at least 4 members (excludes halogenated alkanes) is 2. The first-order valence-electron chi connectivity index (χ1n) is 13.2. The van der Waals surface area contributed by atoms with Crippen molar-refractivity contribution in [1.29, 1.82) is 0 Å². The van der Waals surface area contributed by atoms with Crippen molar-refractivity contribution in [3.8, 4) is 5.75 Å². The molecule has 0 radical (unpaired) electrons. The molecule has 0 heterocycles. The standard InChI is InChI=1S/C32H39FO/c1-3-5-6-7-24-10-15-27(16-11-24)28-17-12-25(13-18-28)8-9-26-14-20-30-29(23-26)19-21-31(32(30)33)34-22-4-2/h4,12-14,17-21,23-24,27H,2-3,5-11,15-16,22H2,1H3. The molecule has 0 bridgehead atoms. The molecule has 0 unspecified atom stereocenters. The molecule has 1 fully saturated rings. The Bertz CT molecular complexity index is 1060. The Morgan fingerprint density at radius 1 is 0.912 bits per heavy atom. The zero-order chi connectivity index (χ0) is 23.8. The van der Waals surface area contributed by atoms with Crippen molar-refractivity contribution in [3.05, 3.63) is 89.8 Å². The van der Waals surface area contributed by atoms with E-state index in [4.69, 9.17) is 4.74 Å². The van der Waals surface area contributed by atoms with Crippen LogP contribution in [-0.4, -0.2) is 6.61 Å². The fraction of sp³-hybridized carbons (Fsp3) is 0.438. The summed E-state index contributed by atoms with van der Waals surface area (Å²) in [6.45, 7) is 6.22. The molecular weight excluding hydrogens is 419 g/mol. The predicted molar refractivity (Wildman–Crippen MR) is 142 cm³/mol. The number of aryl methyl sites for hydroxylation is 2. The molecular formula is C32H39FO. The van der Waals surface area contributed by atoms with Gasteiger partial charge >= 0.3 is 0 Å². The molecule has 0 aromatic heterocycles. The van der Waals surface area contributed by atoms with Crippen LogP contribution >= 0.6 is 0 Å². The third-order valence-electron chi connectivity index (χ3n) is 7.56. The SMILES string of the molecule is C=CCOc1ccc2cc(CCc3ccc(C4CCC(CCCCC)CC4)cc3)ccc2c1F. The number of rotatable bonds is 11. The van der Waals surface area contributed by atoms with Crippen LogP contribution in [0, 0.1) is 11.7 Å². The smallest absolute Gasteiger partial charge is 0.172 e. The number of fused-ring (bicyclic) bond motifs is 1. The minimum absolute atomic E-state index is 0.283. The zero-order valence-corrected chi connectivity index (χ0v) is 20.7. The van der Waals surface area contributed by atoms with Gasteiger partial charge in [-0.15, -0.1) is 0 Å². The largest absolute Gasteiger partial charge is 0.486 e. The maximum atomic E-state index is 14.7. The van der Waals surface area contributed by atoms with E-state index in [-0.39, 0.29) is 11.6 Å². The Hall–Kier alpha value is -2.61. The molecule has 0 atom stereocenters. The van der Waals surface area contributed by atoms with Gasteiger partial charge in [0.05, 0.1) is 0 Å². The highest BCUT2D eigenvalue weighted by molar-refractivity contribution is 5.85. The summed E-state index contributed by atoms with van der Waals surface area (Å²) in [5.74, 6) is 1.69. The van der Waals surface area contributed by atoms with Gasteiger partial charge in [-0.25, -0.2) is 4.39 Å². The highest BCUT2D eigenvalue weighted by atomic mass is 19.1. The van der Waals surface area contributed by atoms with E-state index in [0.717, 1.165) is 30.1 Å². The summed E-state index contributed by atoms with van der Waals surface area (Å²) in [6.07, 6.45) is 14.7. The lowest BCUT2D eigenvalue weighted by Gasteiger charge is -2.29. The van der Waals surface area contributed by atoms with Crippen molar-refractivity contribution in [1.82, 2.24) is 0 Å². The molecule has 2 heteroatoms. The van der Waals surface area contributed by atoms with Gasteiger partial charge < -0.3 is 4.74 Å².